The van der Waals surface area contributed by atoms with Crippen LogP contribution in [0.3, 0.4) is 0 Å². The molecule has 8 nitrogen and oxygen atoms in total. The first-order valence-electron chi connectivity index (χ1n) is 9.51. The molecule has 0 radical (unpaired) electrons. The maximum atomic E-state index is 12.8. The van der Waals surface area contributed by atoms with Crippen molar-refractivity contribution >= 4 is 23.2 Å². The molecule has 2 aromatic rings. The summed E-state index contributed by atoms with van der Waals surface area (Å²) in [4.78, 5) is 35.7. The smallest absolute Gasteiger partial charge is 0.270 e. The number of nitrogens with zero attached hydrogens (tertiary/aromatic N) is 2. The minimum Gasteiger partial charge on any atom is -0.355 e. The van der Waals surface area contributed by atoms with Crippen LogP contribution in [0.2, 0.25) is 0 Å². The van der Waals surface area contributed by atoms with Gasteiger partial charge in [-0.3, -0.25) is 19.7 Å². The third-order valence-electron chi connectivity index (χ3n) is 5.47. The first kappa shape index (κ1) is 18.8. The van der Waals surface area contributed by atoms with E-state index >= 15 is 0 Å². The summed E-state index contributed by atoms with van der Waals surface area (Å²) in [6, 6.07) is 14.1. The molecule has 4 rings (SSSR count). The molecule has 1 aliphatic heterocycles. The van der Waals surface area contributed by atoms with Gasteiger partial charge in [0.25, 0.3) is 11.6 Å². The number of rotatable bonds is 4. The second-order valence-corrected chi connectivity index (χ2v) is 7.23. The van der Waals surface area contributed by atoms with Gasteiger partial charge in [0.2, 0.25) is 5.91 Å². The summed E-state index contributed by atoms with van der Waals surface area (Å²) in [7, 11) is 0. The number of non-ortho nitro benzene ring substituents is 1. The van der Waals surface area contributed by atoms with Crippen molar-refractivity contribution in [1.82, 2.24) is 10.7 Å². The second-order valence-electron chi connectivity index (χ2n) is 7.23. The lowest BCUT2D eigenvalue weighted by Crippen LogP contribution is -2.35. The Bertz CT molecular complexity index is 1000. The van der Waals surface area contributed by atoms with Crippen molar-refractivity contribution in [3.8, 4) is 0 Å². The van der Waals surface area contributed by atoms with Crippen molar-refractivity contribution in [3.05, 3.63) is 75.3 Å². The van der Waals surface area contributed by atoms with Crippen LogP contribution in [0.4, 0.5) is 5.69 Å². The molecule has 1 heterocycles. The van der Waals surface area contributed by atoms with Crippen molar-refractivity contribution in [2.24, 2.45) is 11.0 Å². The third-order valence-corrected chi connectivity index (χ3v) is 5.47. The summed E-state index contributed by atoms with van der Waals surface area (Å²) < 4.78 is 0. The van der Waals surface area contributed by atoms with Crippen LogP contribution >= 0.6 is 0 Å². The Hall–Kier alpha value is -3.55. The van der Waals surface area contributed by atoms with Gasteiger partial charge in [-0.1, -0.05) is 36.4 Å². The lowest BCUT2D eigenvalue weighted by atomic mass is 9.88. The first-order valence-corrected chi connectivity index (χ1v) is 9.51. The van der Waals surface area contributed by atoms with Gasteiger partial charge in [-0.15, -0.1) is 0 Å². The lowest BCUT2D eigenvalue weighted by Gasteiger charge is -2.19. The van der Waals surface area contributed by atoms with E-state index in [0.717, 1.165) is 24.0 Å². The summed E-state index contributed by atoms with van der Waals surface area (Å²) in [5.74, 6) is -1.92. The monoisotopic (exact) mass is 392 g/mol. The minimum absolute atomic E-state index is 0.0102. The first-order chi connectivity index (χ1) is 14.0. The molecule has 1 fully saturated rings. The van der Waals surface area contributed by atoms with Crippen LogP contribution in [0.1, 0.15) is 35.4 Å². The lowest BCUT2D eigenvalue weighted by molar-refractivity contribution is -0.384. The highest BCUT2D eigenvalue weighted by molar-refractivity contribution is 6.06. The zero-order valence-corrected chi connectivity index (χ0v) is 15.6. The maximum Gasteiger partial charge on any atom is 0.270 e. The summed E-state index contributed by atoms with van der Waals surface area (Å²) >= 11 is 0. The van der Waals surface area contributed by atoms with E-state index < -0.39 is 16.7 Å². The molecule has 0 spiro atoms. The van der Waals surface area contributed by atoms with Crippen molar-refractivity contribution in [2.45, 2.75) is 25.2 Å². The molecule has 1 aliphatic carbocycles. The van der Waals surface area contributed by atoms with E-state index in [-0.39, 0.29) is 17.5 Å². The van der Waals surface area contributed by atoms with E-state index in [9.17, 15) is 19.7 Å². The van der Waals surface area contributed by atoms with E-state index in [4.69, 9.17) is 0 Å². The molecule has 8 heteroatoms. The Morgan fingerprint density at radius 2 is 1.97 bits per heavy atom. The van der Waals surface area contributed by atoms with Crippen LogP contribution in [0.25, 0.3) is 0 Å². The van der Waals surface area contributed by atoms with Crippen molar-refractivity contribution in [2.75, 3.05) is 6.54 Å². The number of hydrogen-bond acceptors (Lipinski definition) is 5. The fraction of sp³-hybridized carbons (Fsp3) is 0.286. The number of amides is 2. The van der Waals surface area contributed by atoms with Gasteiger partial charge in [-0.25, -0.2) is 5.43 Å². The standard InChI is InChI=1S/C21H20N4O4/c26-20-19(17(12-22-20)13-5-2-1-3-6-13)21(27)24-23-18-8-4-7-14-9-10-15(25(28)29)11-16(14)18/h1-3,5-6,9-11,17,19H,4,7-8,12H2,(H,22,26)(H,24,27)/b23-18+. The molecule has 2 atom stereocenters. The van der Waals surface area contributed by atoms with Crippen LogP contribution in [0, 0.1) is 16.0 Å². The van der Waals surface area contributed by atoms with Crippen LogP contribution in [-0.4, -0.2) is 29.0 Å². The quantitative estimate of drug-likeness (QED) is 0.472. The van der Waals surface area contributed by atoms with Crippen LogP contribution in [0.5, 0.6) is 0 Å². The molecule has 1 saturated heterocycles. The summed E-state index contributed by atoms with van der Waals surface area (Å²) in [5, 5.41) is 18.1. The summed E-state index contributed by atoms with van der Waals surface area (Å²) in [6.07, 6.45) is 2.25. The number of nitro benzene ring substituents is 1. The molecule has 2 amide bonds. The van der Waals surface area contributed by atoms with Gasteiger partial charge in [-0.2, -0.15) is 5.10 Å². The minimum atomic E-state index is -0.866. The van der Waals surface area contributed by atoms with Gasteiger partial charge in [0.15, 0.2) is 0 Å². The molecule has 0 saturated carbocycles. The molecular weight excluding hydrogens is 372 g/mol. The highest BCUT2D eigenvalue weighted by Crippen LogP contribution is 2.29. The van der Waals surface area contributed by atoms with Crippen LogP contribution in [-0.2, 0) is 16.0 Å². The summed E-state index contributed by atoms with van der Waals surface area (Å²) in [6.45, 7) is 0.395. The number of hydrogen-bond donors (Lipinski definition) is 2. The van der Waals surface area contributed by atoms with Gasteiger partial charge >= 0.3 is 0 Å². The number of nitrogens with one attached hydrogen (secondary N) is 2. The average Bonchev–Trinajstić information content (AvgIpc) is 3.13. The van der Waals surface area contributed by atoms with Gasteiger partial charge in [0.1, 0.15) is 5.92 Å². The van der Waals surface area contributed by atoms with Crippen molar-refractivity contribution in [1.29, 1.82) is 0 Å². The van der Waals surface area contributed by atoms with E-state index in [1.54, 1.807) is 6.07 Å². The Balaban J connectivity index is 1.56. The van der Waals surface area contributed by atoms with Crippen molar-refractivity contribution in [3.63, 3.8) is 0 Å². The SMILES string of the molecule is O=C1NCC(c2ccccc2)C1C(=O)N/N=C1\CCCc2ccc([N+](=O)[O-])cc21. The fourth-order valence-electron chi connectivity index (χ4n) is 3.99. The van der Waals surface area contributed by atoms with Gasteiger partial charge in [0.05, 0.1) is 10.6 Å². The molecule has 2 aliphatic rings. The van der Waals surface area contributed by atoms with Crippen LogP contribution in [0.15, 0.2) is 53.6 Å². The topological polar surface area (TPSA) is 114 Å². The Morgan fingerprint density at radius 1 is 1.17 bits per heavy atom. The number of benzene rings is 2. The molecule has 2 unspecified atom stereocenters. The number of hydrazone groups is 1. The molecule has 148 valence electrons. The molecular formula is C21H20N4O4. The van der Waals surface area contributed by atoms with E-state index in [0.29, 0.717) is 24.2 Å². The van der Waals surface area contributed by atoms with Gasteiger partial charge in [0, 0.05) is 30.2 Å². The fourth-order valence-corrected chi connectivity index (χ4v) is 3.99. The zero-order valence-electron chi connectivity index (χ0n) is 15.6. The van der Waals surface area contributed by atoms with E-state index in [1.165, 1.54) is 12.1 Å². The predicted molar refractivity (Wildman–Crippen MR) is 106 cm³/mol. The molecule has 0 aromatic heterocycles. The normalized spacial score (nSPS) is 22.1. The molecule has 2 aromatic carbocycles. The number of nitro groups is 1. The highest BCUT2D eigenvalue weighted by Gasteiger charge is 2.41. The molecule has 0 bridgehead atoms. The summed E-state index contributed by atoms with van der Waals surface area (Å²) in [5.41, 5.74) is 5.68. The largest absolute Gasteiger partial charge is 0.355 e. The average molecular weight is 392 g/mol. The Labute approximate surface area is 167 Å². The predicted octanol–water partition coefficient (Wildman–Crippen LogP) is 2.28. The second kappa shape index (κ2) is 7.83. The number of carbonyl (C=O) groups is 2. The highest BCUT2D eigenvalue weighted by atomic mass is 16.6. The van der Waals surface area contributed by atoms with Crippen molar-refractivity contribution < 1.29 is 14.5 Å². The van der Waals surface area contributed by atoms with E-state index in [1.807, 2.05) is 30.3 Å². The van der Waals surface area contributed by atoms with E-state index in [2.05, 4.69) is 15.8 Å². The van der Waals surface area contributed by atoms with Gasteiger partial charge < -0.3 is 5.32 Å². The molecule has 29 heavy (non-hydrogen) atoms. The number of aryl methyl sites for hydroxylation is 1. The van der Waals surface area contributed by atoms with Gasteiger partial charge in [-0.05, 0) is 30.4 Å². The molecule has 2 N–H and O–H groups in total. The number of carbonyl (C=O) groups excluding carboxylic acids is 2. The zero-order chi connectivity index (χ0) is 20.4. The maximum absolute atomic E-state index is 12.8. The third kappa shape index (κ3) is 3.73. The number of fused-ring (bicyclic) bond motifs is 1. The Kier molecular flexibility index (Phi) is 5.07. The van der Waals surface area contributed by atoms with Crippen LogP contribution < -0.4 is 10.7 Å². The Morgan fingerprint density at radius 3 is 2.72 bits per heavy atom.